The molecule has 0 radical (unpaired) electrons. The van der Waals surface area contributed by atoms with Crippen LogP contribution in [-0.4, -0.2) is 19.0 Å². The monoisotopic (exact) mass is 300 g/mol. The van der Waals surface area contributed by atoms with E-state index in [0.29, 0.717) is 15.7 Å². The molecule has 104 valence electrons. The maximum Gasteiger partial charge on any atom is 0.230 e. The van der Waals surface area contributed by atoms with Gasteiger partial charge in [0.15, 0.2) is 0 Å². The van der Waals surface area contributed by atoms with Crippen molar-refractivity contribution in [1.29, 1.82) is 0 Å². The molecule has 0 saturated carbocycles. The fraction of sp³-hybridized carbons (Fsp3) is 0.500. The van der Waals surface area contributed by atoms with Gasteiger partial charge >= 0.3 is 0 Å². The lowest BCUT2D eigenvalue weighted by atomic mass is 9.76. The fourth-order valence-electron chi connectivity index (χ4n) is 2.49. The van der Waals surface area contributed by atoms with Crippen molar-refractivity contribution in [2.24, 2.45) is 5.41 Å². The second-order valence-corrected chi connectivity index (χ2v) is 5.81. The van der Waals surface area contributed by atoms with E-state index in [2.05, 4.69) is 17.6 Å². The summed E-state index contributed by atoms with van der Waals surface area (Å²) in [5.74, 6) is 0.0562. The first-order chi connectivity index (χ1) is 9.07. The Morgan fingerprint density at radius 3 is 2.63 bits per heavy atom. The lowest BCUT2D eigenvalue weighted by Gasteiger charge is -2.35. The van der Waals surface area contributed by atoms with E-state index < -0.39 is 0 Å². The Morgan fingerprint density at radius 2 is 2.05 bits per heavy atom. The van der Waals surface area contributed by atoms with E-state index in [1.54, 1.807) is 18.2 Å². The van der Waals surface area contributed by atoms with E-state index in [0.717, 1.165) is 32.4 Å². The van der Waals surface area contributed by atoms with Crippen LogP contribution in [0.3, 0.4) is 0 Å². The smallest absolute Gasteiger partial charge is 0.230 e. The number of hydrogen-bond donors (Lipinski definition) is 2. The predicted octanol–water partition coefficient (Wildman–Crippen LogP) is 3.71. The van der Waals surface area contributed by atoms with Gasteiger partial charge in [-0.2, -0.15) is 0 Å². The number of benzene rings is 1. The molecule has 19 heavy (non-hydrogen) atoms. The first-order valence-corrected chi connectivity index (χ1v) is 7.30. The van der Waals surface area contributed by atoms with Gasteiger partial charge in [0.2, 0.25) is 5.91 Å². The van der Waals surface area contributed by atoms with Crippen molar-refractivity contribution in [1.82, 2.24) is 5.32 Å². The molecule has 0 atom stereocenters. The van der Waals surface area contributed by atoms with Crippen molar-refractivity contribution in [2.45, 2.75) is 26.2 Å². The van der Waals surface area contributed by atoms with Gasteiger partial charge in [0.05, 0.1) is 16.1 Å². The summed E-state index contributed by atoms with van der Waals surface area (Å²) in [6, 6.07) is 5.11. The Labute approximate surface area is 123 Å². The van der Waals surface area contributed by atoms with Crippen molar-refractivity contribution in [3.8, 4) is 0 Å². The lowest BCUT2D eigenvalue weighted by molar-refractivity contribution is -0.127. The zero-order valence-corrected chi connectivity index (χ0v) is 12.4. The minimum absolute atomic E-state index is 0.0562. The third kappa shape index (κ3) is 3.22. The molecule has 1 saturated heterocycles. The molecular weight excluding hydrogens is 283 g/mol. The number of hydrogen-bond acceptors (Lipinski definition) is 2. The van der Waals surface area contributed by atoms with Gasteiger partial charge in [-0.15, -0.1) is 0 Å². The zero-order valence-electron chi connectivity index (χ0n) is 10.9. The summed E-state index contributed by atoms with van der Waals surface area (Å²) in [7, 11) is 0. The van der Waals surface area contributed by atoms with Gasteiger partial charge in [0.1, 0.15) is 0 Å². The minimum Gasteiger partial charge on any atom is -0.324 e. The third-order valence-electron chi connectivity index (χ3n) is 3.90. The predicted molar refractivity (Wildman–Crippen MR) is 79.9 cm³/mol. The molecule has 0 spiro atoms. The summed E-state index contributed by atoms with van der Waals surface area (Å²) in [4.78, 5) is 12.5. The largest absolute Gasteiger partial charge is 0.324 e. The number of amides is 1. The normalized spacial score (nSPS) is 18.1. The van der Waals surface area contributed by atoms with Crippen molar-refractivity contribution < 1.29 is 4.79 Å². The standard InChI is InChI=1S/C14H18Cl2N2O/c1-2-14(5-7-17-8-6-14)13(19)18-12-4-3-10(15)9-11(12)16/h3-4,9,17H,2,5-8H2,1H3,(H,18,19). The first-order valence-electron chi connectivity index (χ1n) is 6.54. The van der Waals surface area contributed by atoms with Gasteiger partial charge in [-0.1, -0.05) is 30.1 Å². The van der Waals surface area contributed by atoms with E-state index in [9.17, 15) is 4.79 Å². The van der Waals surface area contributed by atoms with Crippen LogP contribution in [0.15, 0.2) is 18.2 Å². The highest BCUT2D eigenvalue weighted by Crippen LogP contribution is 2.35. The SMILES string of the molecule is CCC1(C(=O)Nc2ccc(Cl)cc2Cl)CCNCC1. The molecule has 0 aliphatic carbocycles. The molecule has 1 aliphatic heterocycles. The van der Waals surface area contributed by atoms with Crippen LogP contribution >= 0.6 is 23.2 Å². The van der Waals surface area contributed by atoms with Crippen molar-refractivity contribution in [3.05, 3.63) is 28.2 Å². The molecule has 1 fully saturated rings. The summed E-state index contributed by atoms with van der Waals surface area (Å²) in [6.45, 7) is 3.83. The Kier molecular flexibility index (Phi) is 4.71. The maximum atomic E-state index is 12.5. The highest BCUT2D eigenvalue weighted by Gasteiger charge is 2.37. The van der Waals surface area contributed by atoms with Crippen LogP contribution in [0.4, 0.5) is 5.69 Å². The van der Waals surface area contributed by atoms with Crippen molar-refractivity contribution in [3.63, 3.8) is 0 Å². The molecule has 3 nitrogen and oxygen atoms in total. The molecule has 2 rings (SSSR count). The highest BCUT2D eigenvalue weighted by atomic mass is 35.5. The van der Waals surface area contributed by atoms with Crippen LogP contribution in [0.2, 0.25) is 10.0 Å². The van der Waals surface area contributed by atoms with Crippen LogP contribution in [0, 0.1) is 5.41 Å². The van der Waals surface area contributed by atoms with E-state index in [1.807, 2.05) is 0 Å². The summed E-state index contributed by atoms with van der Waals surface area (Å²) >= 11 is 11.9. The molecule has 1 heterocycles. The second-order valence-electron chi connectivity index (χ2n) is 4.96. The Bertz CT molecular complexity index is 471. The quantitative estimate of drug-likeness (QED) is 0.893. The summed E-state index contributed by atoms with van der Waals surface area (Å²) in [6.07, 6.45) is 2.56. The van der Waals surface area contributed by atoms with Gasteiger partial charge in [0.25, 0.3) is 0 Å². The molecule has 1 aliphatic rings. The van der Waals surface area contributed by atoms with Crippen molar-refractivity contribution >= 4 is 34.8 Å². The second kappa shape index (κ2) is 6.12. The van der Waals surface area contributed by atoms with Gasteiger partial charge in [-0.3, -0.25) is 4.79 Å². The Hall–Kier alpha value is -0.770. The van der Waals surface area contributed by atoms with E-state index in [4.69, 9.17) is 23.2 Å². The average Bonchev–Trinajstić information content (AvgIpc) is 2.42. The number of rotatable bonds is 3. The van der Waals surface area contributed by atoms with Gasteiger partial charge in [0, 0.05) is 5.02 Å². The summed E-state index contributed by atoms with van der Waals surface area (Å²) in [5, 5.41) is 7.27. The maximum absolute atomic E-state index is 12.5. The molecule has 2 N–H and O–H groups in total. The van der Waals surface area contributed by atoms with Crippen LogP contribution in [0.5, 0.6) is 0 Å². The molecule has 0 aromatic heterocycles. The number of halogens is 2. The first kappa shape index (κ1) is 14.6. The molecule has 0 bridgehead atoms. The zero-order chi connectivity index (χ0) is 13.9. The van der Waals surface area contributed by atoms with E-state index >= 15 is 0 Å². The lowest BCUT2D eigenvalue weighted by Crippen LogP contribution is -2.44. The molecule has 1 amide bonds. The number of carbonyl (C=O) groups is 1. The van der Waals surface area contributed by atoms with Crippen LogP contribution in [-0.2, 0) is 4.79 Å². The summed E-state index contributed by atoms with van der Waals surface area (Å²) < 4.78 is 0. The molecule has 0 unspecified atom stereocenters. The highest BCUT2D eigenvalue weighted by molar-refractivity contribution is 6.36. The Balaban J connectivity index is 2.15. The van der Waals surface area contributed by atoms with Crippen LogP contribution < -0.4 is 10.6 Å². The average molecular weight is 301 g/mol. The number of nitrogens with one attached hydrogen (secondary N) is 2. The molecule has 1 aromatic rings. The van der Waals surface area contributed by atoms with Gasteiger partial charge in [-0.25, -0.2) is 0 Å². The third-order valence-corrected chi connectivity index (χ3v) is 4.45. The Morgan fingerprint density at radius 1 is 1.37 bits per heavy atom. The molecular formula is C14H18Cl2N2O. The van der Waals surface area contributed by atoms with Gasteiger partial charge in [-0.05, 0) is 50.6 Å². The fourth-order valence-corrected chi connectivity index (χ4v) is 2.95. The van der Waals surface area contributed by atoms with Crippen LogP contribution in [0.1, 0.15) is 26.2 Å². The minimum atomic E-state index is -0.284. The van der Waals surface area contributed by atoms with Gasteiger partial charge < -0.3 is 10.6 Å². The topological polar surface area (TPSA) is 41.1 Å². The summed E-state index contributed by atoms with van der Waals surface area (Å²) in [5.41, 5.74) is 0.344. The van der Waals surface area contributed by atoms with Crippen molar-refractivity contribution in [2.75, 3.05) is 18.4 Å². The van der Waals surface area contributed by atoms with E-state index in [1.165, 1.54) is 0 Å². The van der Waals surface area contributed by atoms with E-state index in [-0.39, 0.29) is 11.3 Å². The molecule has 1 aromatic carbocycles. The number of piperidine rings is 1. The van der Waals surface area contributed by atoms with Crippen LogP contribution in [0.25, 0.3) is 0 Å². The molecule has 5 heteroatoms. The number of carbonyl (C=O) groups excluding carboxylic acids is 1. The number of anilines is 1.